The van der Waals surface area contributed by atoms with Gasteiger partial charge in [-0.1, -0.05) is 28.1 Å². The zero-order chi connectivity index (χ0) is 20.9. The molecule has 2 aromatic carbocycles. The molecule has 30 heavy (non-hydrogen) atoms. The predicted octanol–water partition coefficient (Wildman–Crippen LogP) is 4.07. The topological polar surface area (TPSA) is 82.5 Å². The van der Waals surface area contributed by atoms with Crippen LogP contribution in [-0.4, -0.2) is 34.7 Å². The van der Waals surface area contributed by atoms with E-state index >= 15 is 0 Å². The summed E-state index contributed by atoms with van der Waals surface area (Å²) in [6.45, 7) is 1.49. The Labute approximate surface area is 182 Å². The summed E-state index contributed by atoms with van der Waals surface area (Å²) < 4.78 is 13.7. The molecule has 0 saturated carbocycles. The lowest BCUT2D eigenvalue weighted by Crippen LogP contribution is -2.17. The number of rotatable bonds is 7. The zero-order valence-corrected chi connectivity index (χ0v) is 17.7. The number of nitrogens with zero attached hydrogens (tertiary/aromatic N) is 2. The van der Waals surface area contributed by atoms with Crippen LogP contribution in [0.25, 0.3) is 0 Å². The molecular weight excluding hydrogens is 450 g/mol. The number of ether oxygens (including phenoxy) is 2. The minimum atomic E-state index is -0.238. The maximum atomic E-state index is 12.5. The van der Waals surface area contributed by atoms with Crippen molar-refractivity contribution < 1.29 is 19.1 Å². The minimum absolute atomic E-state index is 0.0801. The highest BCUT2D eigenvalue weighted by Crippen LogP contribution is 2.31. The molecule has 0 bridgehead atoms. The number of carbonyl (C=O) groups excluding carboxylic acids is 2. The lowest BCUT2D eigenvalue weighted by Gasteiger charge is -2.18. The monoisotopic (exact) mass is 469 g/mol. The Balaban J connectivity index is 1.32. The number of Topliss-reactive ketones (excluding diaryl/α,β-unsaturated/α-hetero) is 1. The number of hydrogen-bond acceptors (Lipinski definition) is 5. The lowest BCUT2D eigenvalue weighted by molar-refractivity contribution is -0.116. The SMILES string of the molecule is O=C(CCC(=O)c1ccc2c(c1)OCCO2)Nc1ccnn1Cc1ccc(Br)cc1. The van der Waals surface area contributed by atoms with Crippen LogP contribution >= 0.6 is 15.9 Å². The van der Waals surface area contributed by atoms with Gasteiger partial charge in [0, 0.05) is 28.9 Å². The van der Waals surface area contributed by atoms with Crippen molar-refractivity contribution in [3.63, 3.8) is 0 Å². The van der Waals surface area contributed by atoms with Crippen LogP contribution in [0.4, 0.5) is 5.82 Å². The third-order valence-corrected chi connectivity index (χ3v) is 5.20. The summed E-state index contributed by atoms with van der Waals surface area (Å²) in [7, 11) is 0. The Morgan fingerprint density at radius 1 is 1.00 bits per heavy atom. The highest BCUT2D eigenvalue weighted by molar-refractivity contribution is 9.10. The van der Waals surface area contributed by atoms with Crippen molar-refractivity contribution in [2.24, 2.45) is 0 Å². The van der Waals surface area contributed by atoms with Gasteiger partial charge < -0.3 is 14.8 Å². The summed E-state index contributed by atoms with van der Waals surface area (Å²) in [6, 6.07) is 14.7. The summed E-state index contributed by atoms with van der Waals surface area (Å²) in [6.07, 6.45) is 1.82. The average molecular weight is 470 g/mol. The number of hydrogen-bond donors (Lipinski definition) is 1. The second-order valence-electron chi connectivity index (χ2n) is 6.83. The van der Waals surface area contributed by atoms with Crippen molar-refractivity contribution in [1.29, 1.82) is 0 Å². The van der Waals surface area contributed by atoms with Gasteiger partial charge in [0.2, 0.25) is 5.91 Å². The van der Waals surface area contributed by atoms with E-state index in [-0.39, 0.29) is 24.5 Å². The van der Waals surface area contributed by atoms with Crippen molar-refractivity contribution in [2.45, 2.75) is 19.4 Å². The van der Waals surface area contributed by atoms with Gasteiger partial charge in [-0.05, 0) is 35.9 Å². The number of fused-ring (bicyclic) bond motifs is 1. The fourth-order valence-corrected chi connectivity index (χ4v) is 3.39. The van der Waals surface area contributed by atoms with Gasteiger partial charge in [0.1, 0.15) is 19.0 Å². The Hall–Kier alpha value is -3.13. The molecule has 7 nitrogen and oxygen atoms in total. The molecule has 0 aliphatic carbocycles. The molecule has 0 spiro atoms. The summed E-state index contributed by atoms with van der Waals surface area (Å²) in [5.41, 5.74) is 1.57. The van der Waals surface area contributed by atoms with Crippen LogP contribution in [0.3, 0.4) is 0 Å². The molecule has 0 saturated heterocycles. The maximum Gasteiger partial charge on any atom is 0.225 e. The first kappa shape index (κ1) is 20.2. The van der Waals surface area contributed by atoms with Crippen LogP contribution in [0.15, 0.2) is 59.2 Å². The average Bonchev–Trinajstić information content (AvgIpc) is 3.19. The molecule has 2 heterocycles. The van der Waals surface area contributed by atoms with E-state index < -0.39 is 0 Å². The van der Waals surface area contributed by atoms with Gasteiger partial charge in [-0.2, -0.15) is 5.10 Å². The Bertz CT molecular complexity index is 1060. The summed E-state index contributed by atoms with van der Waals surface area (Å²) in [5, 5.41) is 7.10. The number of halogens is 1. The summed E-state index contributed by atoms with van der Waals surface area (Å²) in [4.78, 5) is 24.8. The lowest BCUT2D eigenvalue weighted by atomic mass is 10.1. The zero-order valence-electron chi connectivity index (χ0n) is 16.1. The van der Waals surface area contributed by atoms with Crippen LogP contribution in [0, 0.1) is 0 Å². The first-order valence-electron chi connectivity index (χ1n) is 9.57. The van der Waals surface area contributed by atoms with Crippen LogP contribution < -0.4 is 14.8 Å². The van der Waals surface area contributed by atoms with Crippen LogP contribution in [-0.2, 0) is 11.3 Å². The molecule has 1 aliphatic rings. The highest BCUT2D eigenvalue weighted by Gasteiger charge is 2.16. The van der Waals surface area contributed by atoms with Crippen LogP contribution in [0.1, 0.15) is 28.8 Å². The molecule has 154 valence electrons. The van der Waals surface area contributed by atoms with E-state index in [1.807, 2.05) is 24.3 Å². The third-order valence-electron chi connectivity index (χ3n) is 4.67. The Morgan fingerprint density at radius 3 is 2.57 bits per heavy atom. The van der Waals surface area contributed by atoms with Crippen LogP contribution in [0.5, 0.6) is 11.5 Å². The normalized spacial score (nSPS) is 12.4. The first-order chi connectivity index (χ1) is 14.6. The Morgan fingerprint density at radius 2 is 1.77 bits per heavy atom. The van der Waals surface area contributed by atoms with Gasteiger partial charge in [0.05, 0.1) is 12.7 Å². The number of anilines is 1. The fraction of sp³-hybridized carbons (Fsp3) is 0.227. The highest BCUT2D eigenvalue weighted by atomic mass is 79.9. The maximum absolute atomic E-state index is 12.5. The number of benzene rings is 2. The molecule has 8 heteroatoms. The predicted molar refractivity (Wildman–Crippen MR) is 115 cm³/mol. The molecule has 0 fully saturated rings. The molecule has 1 aromatic heterocycles. The van der Waals surface area contributed by atoms with Crippen molar-refractivity contribution in [1.82, 2.24) is 9.78 Å². The van der Waals surface area contributed by atoms with Gasteiger partial charge in [0.15, 0.2) is 17.3 Å². The number of carbonyl (C=O) groups is 2. The smallest absolute Gasteiger partial charge is 0.225 e. The molecule has 0 unspecified atom stereocenters. The third kappa shape index (κ3) is 4.88. The Kier molecular flexibility index (Phi) is 6.13. The van der Waals surface area contributed by atoms with E-state index in [0.29, 0.717) is 42.6 Å². The van der Waals surface area contributed by atoms with Crippen molar-refractivity contribution in [3.8, 4) is 11.5 Å². The van der Waals surface area contributed by atoms with Crippen LogP contribution in [0.2, 0.25) is 0 Å². The molecule has 1 aliphatic heterocycles. The second kappa shape index (κ2) is 9.13. The fourth-order valence-electron chi connectivity index (χ4n) is 3.12. The standard InChI is InChI=1S/C22H20BrN3O4/c23-17-4-1-15(2-5-17)14-26-21(9-10-24-26)25-22(28)8-6-18(27)16-3-7-19-20(13-16)30-12-11-29-19/h1-5,7,9-10,13H,6,8,11-12,14H2,(H,25,28). The summed E-state index contributed by atoms with van der Waals surface area (Å²) in [5.74, 6) is 1.43. The quantitative estimate of drug-likeness (QED) is 0.527. The van der Waals surface area contributed by atoms with E-state index in [1.165, 1.54) is 0 Å². The summed E-state index contributed by atoms with van der Waals surface area (Å²) >= 11 is 3.41. The van der Waals surface area contributed by atoms with Crippen molar-refractivity contribution in [3.05, 3.63) is 70.3 Å². The van der Waals surface area contributed by atoms with E-state index in [1.54, 1.807) is 35.1 Å². The van der Waals surface area contributed by atoms with Crippen molar-refractivity contribution >= 4 is 33.4 Å². The molecular formula is C22H20BrN3O4. The number of aromatic nitrogens is 2. The first-order valence-corrected chi connectivity index (χ1v) is 10.4. The minimum Gasteiger partial charge on any atom is -0.486 e. The molecule has 1 amide bonds. The second-order valence-corrected chi connectivity index (χ2v) is 7.75. The van der Waals surface area contributed by atoms with Gasteiger partial charge in [0.25, 0.3) is 0 Å². The molecule has 4 rings (SSSR count). The molecule has 3 aromatic rings. The van der Waals surface area contributed by atoms with E-state index in [4.69, 9.17) is 9.47 Å². The van der Waals surface area contributed by atoms with Gasteiger partial charge in [-0.25, -0.2) is 4.68 Å². The van der Waals surface area contributed by atoms with Crippen molar-refractivity contribution in [2.75, 3.05) is 18.5 Å². The van der Waals surface area contributed by atoms with E-state index in [9.17, 15) is 9.59 Å². The van der Waals surface area contributed by atoms with E-state index in [0.717, 1.165) is 10.0 Å². The number of nitrogens with one attached hydrogen (secondary N) is 1. The largest absolute Gasteiger partial charge is 0.486 e. The molecule has 0 radical (unpaired) electrons. The van der Waals surface area contributed by atoms with Gasteiger partial charge in [-0.15, -0.1) is 0 Å². The number of ketones is 1. The molecule has 1 N–H and O–H groups in total. The van der Waals surface area contributed by atoms with Gasteiger partial charge >= 0.3 is 0 Å². The number of amides is 1. The molecule has 0 atom stereocenters. The van der Waals surface area contributed by atoms with E-state index in [2.05, 4.69) is 26.3 Å². The van der Waals surface area contributed by atoms with Gasteiger partial charge in [-0.3, -0.25) is 9.59 Å².